The van der Waals surface area contributed by atoms with Crippen molar-refractivity contribution in [2.75, 3.05) is 18.1 Å². The van der Waals surface area contributed by atoms with Crippen molar-refractivity contribution in [3.63, 3.8) is 0 Å². The summed E-state index contributed by atoms with van der Waals surface area (Å²) in [6.45, 7) is 1.76. The van der Waals surface area contributed by atoms with Crippen molar-refractivity contribution in [3.8, 4) is 0 Å². The number of carboxylic acid groups (broad SMARTS) is 1. The summed E-state index contributed by atoms with van der Waals surface area (Å²) in [5.41, 5.74) is 1.21. The van der Waals surface area contributed by atoms with Crippen LogP contribution in [0.3, 0.4) is 0 Å². The van der Waals surface area contributed by atoms with Crippen LogP contribution in [0.2, 0.25) is 0 Å². The van der Waals surface area contributed by atoms with Crippen LogP contribution in [-0.2, 0) is 11.3 Å². The first-order valence-corrected chi connectivity index (χ1v) is 8.78. The van der Waals surface area contributed by atoms with Crippen molar-refractivity contribution in [2.24, 2.45) is 0 Å². The summed E-state index contributed by atoms with van der Waals surface area (Å²) in [5.74, 6) is 1.27. The van der Waals surface area contributed by atoms with E-state index in [1.54, 1.807) is 0 Å². The molecule has 2 rings (SSSR count). The number of carbonyl (C=O) groups is 1. The van der Waals surface area contributed by atoms with Crippen LogP contribution in [0.1, 0.15) is 12.0 Å². The number of hydrogen-bond donors (Lipinski definition) is 1. The summed E-state index contributed by atoms with van der Waals surface area (Å²) in [7, 11) is 0. The Morgan fingerprint density at radius 3 is 2.89 bits per heavy atom. The molecule has 1 aliphatic rings. The molecule has 1 saturated heterocycles. The third-order valence-electron chi connectivity index (χ3n) is 3.13. The molecule has 1 N–H and O–H groups in total. The Morgan fingerprint density at radius 2 is 2.21 bits per heavy atom. The van der Waals surface area contributed by atoms with Crippen molar-refractivity contribution in [2.45, 2.75) is 19.0 Å². The number of rotatable bonds is 4. The Balaban J connectivity index is 2.06. The van der Waals surface area contributed by atoms with Crippen LogP contribution in [0.25, 0.3) is 0 Å². The highest BCUT2D eigenvalue weighted by molar-refractivity contribution is 9.13. The molecule has 0 aliphatic carbocycles. The molecule has 1 atom stereocenters. The van der Waals surface area contributed by atoms with Gasteiger partial charge >= 0.3 is 5.97 Å². The van der Waals surface area contributed by atoms with Gasteiger partial charge in [0.15, 0.2) is 0 Å². The largest absolute Gasteiger partial charge is 0.481 e. The number of benzene rings is 1. The molecule has 1 heterocycles. The summed E-state index contributed by atoms with van der Waals surface area (Å²) in [4.78, 5) is 13.2. The second kappa shape index (κ2) is 7.11. The fourth-order valence-corrected chi connectivity index (χ4v) is 3.96. The van der Waals surface area contributed by atoms with Crippen molar-refractivity contribution in [1.82, 2.24) is 4.90 Å². The van der Waals surface area contributed by atoms with Crippen LogP contribution in [0.15, 0.2) is 27.1 Å². The Morgan fingerprint density at radius 1 is 1.42 bits per heavy atom. The SMILES string of the molecule is O=C(O)CC1CSCCN1Cc1ccc(Br)c(Br)c1. The van der Waals surface area contributed by atoms with Crippen LogP contribution in [0.5, 0.6) is 0 Å². The first-order valence-electron chi connectivity index (χ1n) is 6.04. The number of aliphatic carboxylic acids is 1. The lowest BCUT2D eigenvalue weighted by Crippen LogP contribution is -2.42. The Labute approximate surface area is 134 Å². The van der Waals surface area contributed by atoms with Gasteiger partial charge in [-0.2, -0.15) is 11.8 Å². The standard InChI is InChI=1S/C13H15Br2NO2S/c14-11-2-1-9(5-12(11)15)7-16-3-4-19-8-10(16)6-13(17)18/h1-2,5,10H,3-4,6-8H2,(H,17,18). The fraction of sp³-hybridized carbons (Fsp3) is 0.462. The zero-order valence-electron chi connectivity index (χ0n) is 10.3. The maximum absolute atomic E-state index is 10.9. The minimum atomic E-state index is -0.713. The molecule has 0 amide bonds. The second-order valence-electron chi connectivity index (χ2n) is 4.55. The van der Waals surface area contributed by atoms with E-state index in [0.29, 0.717) is 0 Å². The average molecular weight is 409 g/mol. The lowest BCUT2D eigenvalue weighted by molar-refractivity contribution is -0.138. The van der Waals surface area contributed by atoms with Crippen molar-refractivity contribution in [3.05, 3.63) is 32.7 Å². The van der Waals surface area contributed by atoms with Gasteiger partial charge in [0.1, 0.15) is 0 Å². The van der Waals surface area contributed by atoms with E-state index >= 15 is 0 Å². The maximum Gasteiger partial charge on any atom is 0.304 e. The molecule has 6 heteroatoms. The van der Waals surface area contributed by atoms with E-state index in [2.05, 4.69) is 48.9 Å². The van der Waals surface area contributed by atoms with Gasteiger partial charge in [0.05, 0.1) is 6.42 Å². The molecular formula is C13H15Br2NO2S. The first-order chi connectivity index (χ1) is 9.06. The quantitative estimate of drug-likeness (QED) is 0.826. The van der Waals surface area contributed by atoms with Crippen LogP contribution >= 0.6 is 43.6 Å². The zero-order chi connectivity index (χ0) is 13.8. The second-order valence-corrected chi connectivity index (χ2v) is 7.40. The van der Waals surface area contributed by atoms with Gasteiger partial charge in [0, 0.05) is 39.6 Å². The number of carboxylic acids is 1. The van der Waals surface area contributed by atoms with E-state index in [-0.39, 0.29) is 12.5 Å². The summed E-state index contributed by atoms with van der Waals surface area (Å²) in [5, 5.41) is 8.98. The maximum atomic E-state index is 10.9. The van der Waals surface area contributed by atoms with E-state index in [9.17, 15) is 4.79 Å². The lowest BCUT2D eigenvalue weighted by atomic mass is 10.1. The topological polar surface area (TPSA) is 40.5 Å². The monoisotopic (exact) mass is 407 g/mol. The fourth-order valence-electron chi connectivity index (χ4n) is 2.16. The van der Waals surface area contributed by atoms with E-state index in [4.69, 9.17) is 5.11 Å². The predicted octanol–water partition coefficient (Wildman–Crippen LogP) is 3.60. The predicted molar refractivity (Wildman–Crippen MR) is 85.6 cm³/mol. The summed E-state index contributed by atoms with van der Waals surface area (Å²) in [6.07, 6.45) is 0.227. The highest BCUT2D eigenvalue weighted by atomic mass is 79.9. The zero-order valence-corrected chi connectivity index (χ0v) is 14.3. The van der Waals surface area contributed by atoms with Gasteiger partial charge < -0.3 is 5.11 Å². The summed E-state index contributed by atoms with van der Waals surface area (Å²) >= 11 is 8.80. The molecule has 1 unspecified atom stereocenters. The normalized spacial score (nSPS) is 20.4. The van der Waals surface area contributed by atoms with Gasteiger partial charge in [-0.3, -0.25) is 9.69 Å². The van der Waals surface area contributed by atoms with Gasteiger partial charge in [0.25, 0.3) is 0 Å². The summed E-state index contributed by atoms with van der Waals surface area (Å²) in [6, 6.07) is 6.32. The van der Waals surface area contributed by atoms with Crippen molar-refractivity contribution < 1.29 is 9.90 Å². The molecule has 1 aliphatic heterocycles. The Bertz CT molecular complexity index is 470. The smallest absolute Gasteiger partial charge is 0.304 e. The first kappa shape index (κ1) is 15.4. The van der Waals surface area contributed by atoms with Crippen LogP contribution in [0, 0.1) is 0 Å². The van der Waals surface area contributed by atoms with Gasteiger partial charge in [-0.15, -0.1) is 0 Å². The Hall–Kier alpha value is -0.0400. The molecule has 0 spiro atoms. The minimum Gasteiger partial charge on any atom is -0.481 e. The van der Waals surface area contributed by atoms with Crippen LogP contribution in [-0.4, -0.2) is 40.1 Å². The highest BCUT2D eigenvalue weighted by Gasteiger charge is 2.25. The van der Waals surface area contributed by atoms with Gasteiger partial charge in [-0.1, -0.05) is 6.07 Å². The molecule has 0 aromatic heterocycles. The lowest BCUT2D eigenvalue weighted by Gasteiger charge is -2.34. The molecular weight excluding hydrogens is 394 g/mol. The molecule has 104 valence electrons. The van der Waals surface area contributed by atoms with E-state index in [1.807, 2.05) is 17.8 Å². The third kappa shape index (κ3) is 4.48. The van der Waals surface area contributed by atoms with Gasteiger partial charge in [0.2, 0.25) is 0 Å². The average Bonchev–Trinajstić information content (AvgIpc) is 2.36. The molecule has 1 aromatic rings. The highest BCUT2D eigenvalue weighted by Crippen LogP contribution is 2.26. The molecule has 0 bridgehead atoms. The Kier molecular flexibility index (Phi) is 5.74. The van der Waals surface area contributed by atoms with Crippen LogP contribution < -0.4 is 0 Å². The molecule has 0 saturated carbocycles. The van der Waals surface area contributed by atoms with Crippen molar-refractivity contribution in [1.29, 1.82) is 0 Å². The molecule has 1 aromatic carbocycles. The summed E-state index contributed by atoms with van der Waals surface area (Å²) < 4.78 is 2.07. The molecule has 0 radical (unpaired) electrons. The van der Waals surface area contributed by atoms with Crippen LogP contribution in [0.4, 0.5) is 0 Å². The van der Waals surface area contributed by atoms with E-state index in [1.165, 1.54) is 5.56 Å². The van der Waals surface area contributed by atoms with Crippen molar-refractivity contribution >= 4 is 49.6 Å². The van der Waals surface area contributed by atoms with Gasteiger partial charge in [-0.05, 0) is 49.6 Å². The molecule has 1 fully saturated rings. The molecule has 3 nitrogen and oxygen atoms in total. The minimum absolute atomic E-state index is 0.138. The third-order valence-corrected chi connectivity index (χ3v) is 6.10. The number of hydrogen-bond acceptors (Lipinski definition) is 3. The van der Waals surface area contributed by atoms with E-state index in [0.717, 1.165) is 33.5 Å². The number of halogens is 2. The molecule has 19 heavy (non-hydrogen) atoms. The van der Waals surface area contributed by atoms with Gasteiger partial charge in [-0.25, -0.2) is 0 Å². The number of nitrogens with zero attached hydrogens (tertiary/aromatic N) is 1. The number of thioether (sulfide) groups is 1. The van der Waals surface area contributed by atoms with E-state index < -0.39 is 5.97 Å².